The molecule has 118 valence electrons. The molecule has 0 unspecified atom stereocenters. The van der Waals surface area contributed by atoms with Gasteiger partial charge in [0.05, 0.1) is 12.3 Å². The molecule has 0 heterocycles. The van der Waals surface area contributed by atoms with Gasteiger partial charge in [-0.15, -0.1) is 0 Å². The van der Waals surface area contributed by atoms with Gasteiger partial charge in [0.2, 0.25) is 0 Å². The second kappa shape index (κ2) is 10.4. The number of rotatable bonds is 9. The molecule has 0 aromatic heterocycles. The monoisotopic (exact) mass is 308 g/mol. The molecular formula is C17H28N2OS. The first-order valence-electron chi connectivity index (χ1n) is 8.00. The van der Waals surface area contributed by atoms with Gasteiger partial charge >= 0.3 is 0 Å². The third-order valence-corrected chi connectivity index (χ3v) is 3.64. The SMILES string of the molecule is CCCCN(CCCC)C(=S)Nc1ccccc1OCC. The first-order valence-corrected chi connectivity index (χ1v) is 8.41. The molecule has 0 bridgehead atoms. The van der Waals surface area contributed by atoms with Crippen molar-refractivity contribution >= 4 is 23.0 Å². The van der Waals surface area contributed by atoms with Crippen LogP contribution >= 0.6 is 12.2 Å². The molecule has 1 rings (SSSR count). The van der Waals surface area contributed by atoms with Crippen molar-refractivity contribution in [1.82, 2.24) is 4.90 Å². The Morgan fingerprint density at radius 1 is 1.10 bits per heavy atom. The molecule has 0 amide bonds. The molecular weight excluding hydrogens is 280 g/mol. The van der Waals surface area contributed by atoms with E-state index in [0.29, 0.717) is 6.61 Å². The van der Waals surface area contributed by atoms with Crippen molar-refractivity contribution in [3.63, 3.8) is 0 Å². The Hall–Kier alpha value is -1.29. The largest absolute Gasteiger partial charge is 0.492 e. The first-order chi connectivity index (χ1) is 10.2. The zero-order chi connectivity index (χ0) is 15.5. The van der Waals surface area contributed by atoms with E-state index in [1.807, 2.05) is 31.2 Å². The van der Waals surface area contributed by atoms with Gasteiger partial charge in [0.1, 0.15) is 5.75 Å². The second-order valence-corrected chi connectivity index (χ2v) is 5.44. The van der Waals surface area contributed by atoms with E-state index in [-0.39, 0.29) is 0 Å². The van der Waals surface area contributed by atoms with Crippen molar-refractivity contribution in [2.75, 3.05) is 25.0 Å². The first kappa shape index (κ1) is 17.8. The highest BCUT2D eigenvalue weighted by molar-refractivity contribution is 7.80. The maximum absolute atomic E-state index is 5.64. The van der Waals surface area contributed by atoms with Gasteiger partial charge in [0, 0.05) is 13.1 Å². The fourth-order valence-electron chi connectivity index (χ4n) is 2.06. The van der Waals surface area contributed by atoms with Crippen LogP contribution in [0.5, 0.6) is 5.75 Å². The molecule has 1 aromatic rings. The lowest BCUT2D eigenvalue weighted by Crippen LogP contribution is -2.36. The molecule has 0 aliphatic carbocycles. The van der Waals surface area contributed by atoms with Crippen LogP contribution in [0.2, 0.25) is 0 Å². The average molecular weight is 308 g/mol. The minimum absolute atomic E-state index is 0.654. The highest BCUT2D eigenvalue weighted by Gasteiger charge is 2.11. The quantitative estimate of drug-likeness (QED) is 0.669. The summed E-state index contributed by atoms with van der Waals surface area (Å²) in [6, 6.07) is 7.95. The van der Waals surface area contributed by atoms with E-state index in [1.165, 1.54) is 25.7 Å². The van der Waals surface area contributed by atoms with Gasteiger partial charge in [-0.3, -0.25) is 0 Å². The summed E-state index contributed by atoms with van der Waals surface area (Å²) >= 11 is 5.59. The highest BCUT2D eigenvalue weighted by atomic mass is 32.1. The summed E-state index contributed by atoms with van der Waals surface area (Å²) in [4.78, 5) is 2.27. The van der Waals surface area contributed by atoms with E-state index < -0.39 is 0 Å². The van der Waals surface area contributed by atoms with E-state index in [2.05, 4.69) is 24.1 Å². The second-order valence-electron chi connectivity index (χ2n) is 5.05. The van der Waals surface area contributed by atoms with Crippen LogP contribution in [-0.2, 0) is 0 Å². The van der Waals surface area contributed by atoms with Crippen molar-refractivity contribution < 1.29 is 4.74 Å². The molecule has 0 aliphatic heterocycles. The molecule has 0 aliphatic rings. The molecule has 1 aromatic carbocycles. The van der Waals surface area contributed by atoms with Crippen molar-refractivity contribution in [3.8, 4) is 5.75 Å². The van der Waals surface area contributed by atoms with Gasteiger partial charge in [-0.05, 0) is 44.1 Å². The van der Waals surface area contributed by atoms with Gasteiger partial charge in [-0.25, -0.2) is 0 Å². The summed E-state index contributed by atoms with van der Waals surface area (Å²) in [5.41, 5.74) is 0.947. The van der Waals surface area contributed by atoms with E-state index in [1.54, 1.807) is 0 Å². The van der Waals surface area contributed by atoms with E-state index in [0.717, 1.165) is 29.6 Å². The van der Waals surface area contributed by atoms with Gasteiger partial charge in [0.25, 0.3) is 0 Å². The average Bonchev–Trinajstić information content (AvgIpc) is 2.49. The summed E-state index contributed by atoms with van der Waals surface area (Å²) in [6.45, 7) is 9.08. The number of benzene rings is 1. The predicted molar refractivity (Wildman–Crippen MR) is 95.2 cm³/mol. The molecule has 0 saturated heterocycles. The molecule has 4 heteroatoms. The Kier molecular flexibility index (Phi) is 8.83. The fourth-order valence-corrected chi connectivity index (χ4v) is 2.35. The topological polar surface area (TPSA) is 24.5 Å². The normalized spacial score (nSPS) is 10.2. The number of hydrogen-bond acceptors (Lipinski definition) is 2. The number of ether oxygens (including phenoxy) is 1. The minimum Gasteiger partial charge on any atom is -0.492 e. The van der Waals surface area contributed by atoms with Crippen LogP contribution in [-0.4, -0.2) is 29.7 Å². The third kappa shape index (κ3) is 6.34. The summed E-state index contributed by atoms with van der Waals surface area (Å²) in [5, 5.41) is 4.14. The van der Waals surface area contributed by atoms with Crippen LogP contribution in [0.1, 0.15) is 46.5 Å². The van der Waals surface area contributed by atoms with Crippen LogP contribution in [0, 0.1) is 0 Å². The minimum atomic E-state index is 0.654. The zero-order valence-corrected chi connectivity index (χ0v) is 14.3. The number of anilines is 1. The summed E-state index contributed by atoms with van der Waals surface area (Å²) in [5.74, 6) is 0.855. The molecule has 0 spiro atoms. The van der Waals surface area contributed by atoms with Crippen molar-refractivity contribution in [2.45, 2.75) is 46.5 Å². The zero-order valence-electron chi connectivity index (χ0n) is 13.5. The van der Waals surface area contributed by atoms with Crippen LogP contribution in [0.4, 0.5) is 5.69 Å². The summed E-state index contributed by atoms with van der Waals surface area (Å²) in [6.07, 6.45) is 4.69. The lowest BCUT2D eigenvalue weighted by atomic mass is 10.2. The van der Waals surface area contributed by atoms with Crippen LogP contribution < -0.4 is 10.1 Å². The number of nitrogens with one attached hydrogen (secondary N) is 1. The maximum Gasteiger partial charge on any atom is 0.173 e. The molecule has 3 nitrogen and oxygen atoms in total. The lowest BCUT2D eigenvalue weighted by molar-refractivity contribution is 0.342. The molecule has 0 atom stereocenters. The maximum atomic E-state index is 5.64. The Morgan fingerprint density at radius 2 is 1.71 bits per heavy atom. The van der Waals surface area contributed by atoms with Crippen LogP contribution in [0.15, 0.2) is 24.3 Å². The van der Waals surface area contributed by atoms with Gasteiger partial charge in [-0.2, -0.15) is 0 Å². The Morgan fingerprint density at radius 3 is 2.29 bits per heavy atom. The van der Waals surface area contributed by atoms with Gasteiger partial charge in [-0.1, -0.05) is 38.8 Å². The fraction of sp³-hybridized carbons (Fsp3) is 0.588. The number of nitrogens with zero attached hydrogens (tertiary/aromatic N) is 1. The Labute approximate surface area is 134 Å². The molecule has 21 heavy (non-hydrogen) atoms. The van der Waals surface area contributed by atoms with E-state index in [9.17, 15) is 0 Å². The molecule has 0 saturated carbocycles. The number of para-hydroxylation sites is 2. The van der Waals surface area contributed by atoms with Crippen LogP contribution in [0.3, 0.4) is 0 Å². The number of hydrogen-bond donors (Lipinski definition) is 1. The Balaban J connectivity index is 2.70. The smallest absolute Gasteiger partial charge is 0.173 e. The number of thiocarbonyl (C=S) groups is 1. The van der Waals surface area contributed by atoms with E-state index in [4.69, 9.17) is 17.0 Å². The molecule has 0 fully saturated rings. The lowest BCUT2D eigenvalue weighted by Gasteiger charge is -2.26. The predicted octanol–water partition coefficient (Wildman–Crippen LogP) is 4.68. The highest BCUT2D eigenvalue weighted by Crippen LogP contribution is 2.24. The molecule has 1 N–H and O–H groups in total. The third-order valence-electron chi connectivity index (χ3n) is 3.28. The standard InChI is InChI=1S/C17H28N2OS/c1-4-7-13-19(14-8-5-2)17(21)18-15-11-9-10-12-16(15)20-6-3/h9-12H,4-8,13-14H2,1-3H3,(H,18,21). The number of unbranched alkanes of at least 4 members (excludes halogenated alkanes) is 2. The van der Waals surface area contributed by atoms with E-state index >= 15 is 0 Å². The van der Waals surface area contributed by atoms with Crippen molar-refractivity contribution in [3.05, 3.63) is 24.3 Å². The Bertz CT molecular complexity index is 415. The van der Waals surface area contributed by atoms with Gasteiger partial charge in [0.15, 0.2) is 5.11 Å². The van der Waals surface area contributed by atoms with Gasteiger partial charge < -0.3 is 15.0 Å². The van der Waals surface area contributed by atoms with Crippen molar-refractivity contribution in [1.29, 1.82) is 0 Å². The summed E-state index contributed by atoms with van der Waals surface area (Å²) < 4.78 is 5.64. The van der Waals surface area contributed by atoms with Crippen LogP contribution in [0.25, 0.3) is 0 Å². The molecule has 0 radical (unpaired) electrons. The summed E-state index contributed by atoms with van der Waals surface area (Å²) in [7, 11) is 0. The van der Waals surface area contributed by atoms with Crippen molar-refractivity contribution in [2.24, 2.45) is 0 Å².